The van der Waals surface area contributed by atoms with Gasteiger partial charge in [-0.2, -0.15) is 5.26 Å². The molecule has 0 bridgehead atoms. The van der Waals surface area contributed by atoms with Crippen LogP contribution in [0.4, 0.5) is 0 Å². The number of hydrogen-bond acceptors (Lipinski definition) is 5. The van der Waals surface area contributed by atoms with Gasteiger partial charge in [-0.25, -0.2) is 4.79 Å². The van der Waals surface area contributed by atoms with E-state index in [0.717, 1.165) is 12.0 Å². The average Bonchev–Trinajstić information content (AvgIpc) is 2.55. The third-order valence-corrected chi connectivity index (χ3v) is 3.60. The van der Waals surface area contributed by atoms with Crippen LogP contribution in [0.15, 0.2) is 53.1 Å². The molecule has 1 atom stereocenters. The molecule has 0 spiro atoms. The van der Waals surface area contributed by atoms with Crippen molar-refractivity contribution in [1.29, 1.82) is 5.26 Å². The molecule has 0 fully saturated rings. The van der Waals surface area contributed by atoms with Gasteiger partial charge in [0.2, 0.25) is 5.88 Å². The normalized spacial score (nSPS) is 17.5. The Morgan fingerprint density at radius 2 is 2.04 bits per heavy atom. The van der Waals surface area contributed by atoms with E-state index in [-0.39, 0.29) is 18.1 Å². The maximum atomic E-state index is 12.5. The van der Waals surface area contributed by atoms with Gasteiger partial charge in [0.25, 0.3) is 0 Å². The molecule has 1 aromatic rings. The quantitative estimate of drug-likeness (QED) is 0.844. The van der Waals surface area contributed by atoms with Gasteiger partial charge >= 0.3 is 5.97 Å². The van der Waals surface area contributed by atoms with Gasteiger partial charge in [-0.05, 0) is 18.9 Å². The SMILES string of the molecule is CCCC1=C(C(=O)OCC)[C@@H](c2ccccc2)C(C#N)=C(N)O1. The Labute approximate surface area is 136 Å². The van der Waals surface area contributed by atoms with Gasteiger partial charge in [0.05, 0.1) is 18.1 Å². The molecule has 0 saturated carbocycles. The third kappa shape index (κ3) is 3.37. The predicted molar refractivity (Wildman–Crippen MR) is 85.7 cm³/mol. The first-order valence-corrected chi connectivity index (χ1v) is 7.66. The van der Waals surface area contributed by atoms with Crippen molar-refractivity contribution in [3.63, 3.8) is 0 Å². The molecule has 23 heavy (non-hydrogen) atoms. The van der Waals surface area contributed by atoms with Gasteiger partial charge in [-0.15, -0.1) is 0 Å². The van der Waals surface area contributed by atoms with E-state index < -0.39 is 11.9 Å². The Balaban J connectivity index is 2.62. The molecule has 0 amide bonds. The van der Waals surface area contributed by atoms with E-state index >= 15 is 0 Å². The Morgan fingerprint density at radius 3 is 2.61 bits per heavy atom. The van der Waals surface area contributed by atoms with Crippen molar-refractivity contribution < 1.29 is 14.3 Å². The molecule has 5 nitrogen and oxygen atoms in total. The van der Waals surface area contributed by atoms with Crippen LogP contribution in [0.25, 0.3) is 0 Å². The van der Waals surface area contributed by atoms with Crippen LogP contribution in [-0.2, 0) is 14.3 Å². The Kier molecular flexibility index (Phi) is 5.42. The van der Waals surface area contributed by atoms with E-state index in [4.69, 9.17) is 15.2 Å². The van der Waals surface area contributed by atoms with Crippen LogP contribution >= 0.6 is 0 Å². The minimum Gasteiger partial charge on any atom is -0.463 e. The number of nitriles is 1. The van der Waals surface area contributed by atoms with Crippen molar-refractivity contribution in [2.45, 2.75) is 32.6 Å². The number of allylic oxidation sites excluding steroid dienone is 2. The summed E-state index contributed by atoms with van der Waals surface area (Å²) >= 11 is 0. The first-order chi connectivity index (χ1) is 11.1. The van der Waals surface area contributed by atoms with E-state index in [2.05, 4.69) is 6.07 Å². The largest absolute Gasteiger partial charge is 0.463 e. The van der Waals surface area contributed by atoms with Crippen molar-refractivity contribution in [2.75, 3.05) is 6.61 Å². The van der Waals surface area contributed by atoms with Crippen molar-refractivity contribution in [3.8, 4) is 6.07 Å². The molecule has 0 radical (unpaired) electrons. The molecule has 2 rings (SSSR count). The lowest BCUT2D eigenvalue weighted by molar-refractivity contribution is -0.139. The second kappa shape index (κ2) is 7.50. The molecule has 5 heteroatoms. The molecule has 1 aliphatic rings. The molecule has 1 aromatic carbocycles. The standard InChI is InChI=1S/C18H20N2O3/c1-3-8-14-16(18(21)22-4-2)15(12-9-6-5-7-10-12)13(11-19)17(20)23-14/h5-7,9-10,15H,3-4,8,20H2,1-2H3/t15-/m0/s1. The van der Waals surface area contributed by atoms with Gasteiger partial charge in [0.15, 0.2) is 0 Å². The van der Waals surface area contributed by atoms with E-state index in [1.807, 2.05) is 37.3 Å². The number of ether oxygens (including phenoxy) is 2. The maximum absolute atomic E-state index is 12.5. The van der Waals surface area contributed by atoms with Gasteiger partial charge in [-0.3, -0.25) is 0 Å². The van der Waals surface area contributed by atoms with Crippen LogP contribution < -0.4 is 5.73 Å². The smallest absolute Gasteiger partial charge is 0.338 e. The number of rotatable bonds is 5. The molecule has 2 N–H and O–H groups in total. The topological polar surface area (TPSA) is 85.3 Å². The zero-order valence-corrected chi connectivity index (χ0v) is 13.3. The molecular formula is C18H20N2O3. The summed E-state index contributed by atoms with van der Waals surface area (Å²) in [5, 5.41) is 9.50. The predicted octanol–water partition coefficient (Wildman–Crippen LogP) is 3.11. The fourth-order valence-electron chi connectivity index (χ4n) is 2.64. The van der Waals surface area contributed by atoms with Crippen LogP contribution in [0.1, 0.15) is 38.2 Å². The van der Waals surface area contributed by atoms with E-state index in [1.54, 1.807) is 6.92 Å². The summed E-state index contributed by atoms with van der Waals surface area (Å²) in [6.07, 6.45) is 1.34. The number of benzene rings is 1. The number of esters is 1. The summed E-state index contributed by atoms with van der Waals surface area (Å²) in [5.41, 5.74) is 7.34. The summed E-state index contributed by atoms with van der Waals surface area (Å²) < 4.78 is 10.8. The Hall–Kier alpha value is -2.74. The minimum absolute atomic E-state index is 0.0536. The summed E-state index contributed by atoms with van der Waals surface area (Å²) in [4.78, 5) is 12.5. The third-order valence-electron chi connectivity index (χ3n) is 3.60. The van der Waals surface area contributed by atoms with E-state index in [0.29, 0.717) is 17.8 Å². The maximum Gasteiger partial charge on any atom is 0.338 e. The monoisotopic (exact) mass is 312 g/mol. The number of nitrogens with zero attached hydrogens (tertiary/aromatic N) is 1. The van der Waals surface area contributed by atoms with Crippen LogP contribution in [0, 0.1) is 11.3 Å². The molecule has 0 aliphatic carbocycles. The summed E-state index contributed by atoms with van der Waals surface area (Å²) in [6.45, 7) is 3.98. The van der Waals surface area contributed by atoms with Gasteiger partial charge in [-0.1, -0.05) is 37.3 Å². The Bertz CT molecular complexity index is 684. The Morgan fingerprint density at radius 1 is 1.35 bits per heavy atom. The lowest BCUT2D eigenvalue weighted by Gasteiger charge is -2.28. The first-order valence-electron chi connectivity index (χ1n) is 7.66. The zero-order valence-electron chi connectivity index (χ0n) is 13.3. The highest BCUT2D eigenvalue weighted by Gasteiger charge is 2.37. The molecule has 0 unspecified atom stereocenters. The second-order valence-corrected chi connectivity index (χ2v) is 5.14. The fourth-order valence-corrected chi connectivity index (χ4v) is 2.64. The highest BCUT2D eigenvalue weighted by atomic mass is 16.5. The highest BCUT2D eigenvalue weighted by Crippen LogP contribution is 2.40. The molecule has 1 aliphatic heterocycles. The summed E-state index contributed by atoms with van der Waals surface area (Å²) in [6, 6.07) is 11.4. The zero-order chi connectivity index (χ0) is 16.8. The molecule has 1 heterocycles. The lowest BCUT2D eigenvalue weighted by Crippen LogP contribution is -2.26. The van der Waals surface area contributed by atoms with Crippen LogP contribution in [0.5, 0.6) is 0 Å². The van der Waals surface area contributed by atoms with E-state index in [1.165, 1.54) is 0 Å². The van der Waals surface area contributed by atoms with Crippen molar-refractivity contribution in [2.24, 2.45) is 5.73 Å². The number of hydrogen-bond donors (Lipinski definition) is 1. The fraction of sp³-hybridized carbons (Fsp3) is 0.333. The van der Waals surface area contributed by atoms with Gasteiger partial charge in [0.1, 0.15) is 17.4 Å². The number of nitrogens with two attached hydrogens (primary N) is 1. The lowest BCUT2D eigenvalue weighted by atomic mass is 9.82. The van der Waals surface area contributed by atoms with E-state index in [9.17, 15) is 10.1 Å². The molecule has 120 valence electrons. The minimum atomic E-state index is -0.560. The second-order valence-electron chi connectivity index (χ2n) is 5.14. The van der Waals surface area contributed by atoms with Crippen molar-refractivity contribution >= 4 is 5.97 Å². The first kappa shape index (κ1) is 16.6. The van der Waals surface area contributed by atoms with Gasteiger partial charge < -0.3 is 15.2 Å². The summed E-state index contributed by atoms with van der Waals surface area (Å²) in [7, 11) is 0. The highest BCUT2D eigenvalue weighted by molar-refractivity contribution is 5.92. The number of carbonyl (C=O) groups excluding carboxylic acids is 1. The average molecular weight is 312 g/mol. The summed E-state index contributed by atoms with van der Waals surface area (Å²) in [5.74, 6) is -0.491. The van der Waals surface area contributed by atoms with Crippen LogP contribution in [-0.4, -0.2) is 12.6 Å². The van der Waals surface area contributed by atoms with Crippen LogP contribution in [0.3, 0.4) is 0 Å². The van der Waals surface area contributed by atoms with Gasteiger partial charge in [0, 0.05) is 6.42 Å². The molecular weight excluding hydrogens is 292 g/mol. The molecule has 0 saturated heterocycles. The van der Waals surface area contributed by atoms with Crippen molar-refractivity contribution in [3.05, 3.63) is 58.7 Å². The number of carbonyl (C=O) groups is 1. The molecule has 0 aromatic heterocycles. The van der Waals surface area contributed by atoms with Crippen molar-refractivity contribution in [1.82, 2.24) is 0 Å². The van der Waals surface area contributed by atoms with Crippen LogP contribution in [0.2, 0.25) is 0 Å².